The quantitative estimate of drug-likeness (QED) is 0.142. The van der Waals surface area contributed by atoms with Crippen molar-refractivity contribution in [2.75, 3.05) is 9.80 Å². The van der Waals surface area contributed by atoms with Crippen LogP contribution < -0.4 is 9.80 Å². The zero-order chi connectivity index (χ0) is 54.6. The first kappa shape index (κ1) is 47.5. The highest BCUT2D eigenvalue weighted by atomic mass is 32.1. The number of benzene rings is 13. The van der Waals surface area contributed by atoms with Crippen molar-refractivity contribution >= 4 is 65.6 Å². The summed E-state index contributed by atoms with van der Waals surface area (Å²) in [5.74, 6) is 0. The molecule has 0 fully saturated rings. The number of hydrogen-bond donors (Lipinski definition) is 0. The summed E-state index contributed by atoms with van der Waals surface area (Å²) in [4.78, 5) is 5.00. The third-order valence-electron chi connectivity index (χ3n) is 18.1. The first-order valence-electron chi connectivity index (χ1n) is 28.7. The second-order valence-electron chi connectivity index (χ2n) is 22.2. The van der Waals surface area contributed by atoms with E-state index in [1.165, 1.54) is 115 Å². The minimum atomic E-state index is -0.619. The summed E-state index contributed by atoms with van der Waals surface area (Å²) in [6.45, 7) is 0. The Bertz CT molecular complexity index is 4800. The lowest BCUT2D eigenvalue weighted by molar-refractivity contribution is 0.754. The maximum atomic E-state index is 2.52. The van der Waals surface area contributed by atoms with E-state index >= 15 is 0 Å². The summed E-state index contributed by atoms with van der Waals surface area (Å²) in [5.41, 5.74) is 25.8. The number of rotatable bonds is 9. The van der Waals surface area contributed by atoms with Crippen LogP contribution in [-0.2, 0) is 10.8 Å². The first-order chi connectivity index (χ1) is 41.2. The summed E-state index contributed by atoms with van der Waals surface area (Å²) in [6, 6.07) is 118. The van der Waals surface area contributed by atoms with Gasteiger partial charge in [-0.3, -0.25) is 0 Å². The normalized spacial score (nSPS) is 14.9. The Hall–Kier alpha value is -10.3. The fourth-order valence-electron chi connectivity index (χ4n) is 14.8. The molecule has 2 nitrogen and oxygen atoms in total. The molecule has 3 heteroatoms. The van der Waals surface area contributed by atoms with Crippen molar-refractivity contribution < 1.29 is 0 Å². The Morgan fingerprint density at radius 1 is 0.313 bits per heavy atom. The molecule has 1 unspecified atom stereocenters. The molecule has 17 rings (SSSR count). The predicted molar refractivity (Wildman–Crippen MR) is 348 cm³/mol. The second-order valence-corrected chi connectivity index (χ2v) is 23.3. The molecular formula is C80H52N2S. The third kappa shape index (κ3) is 6.83. The summed E-state index contributed by atoms with van der Waals surface area (Å²) in [6.07, 6.45) is 0. The Balaban J connectivity index is 0.873. The van der Waals surface area contributed by atoms with E-state index in [4.69, 9.17) is 0 Å². The molecule has 2 aliphatic carbocycles. The number of nitrogens with zero attached hydrogens (tertiary/aromatic N) is 2. The molecule has 0 amide bonds. The zero-order valence-corrected chi connectivity index (χ0v) is 46.1. The van der Waals surface area contributed by atoms with Crippen LogP contribution in [0.15, 0.2) is 315 Å². The Morgan fingerprint density at radius 3 is 1.59 bits per heavy atom. The molecule has 0 N–H and O–H groups in total. The van der Waals surface area contributed by atoms with Crippen molar-refractivity contribution in [1.82, 2.24) is 0 Å². The van der Waals surface area contributed by atoms with Gasteiger partial charge in [-0.05, 0) is 150 Å². The summed E-state index contributed by atoms with van der Waals surface area (Å²) >= 11 is 1.88. The van der Waals surface area contributed by atoms with Gasteiger partial charge in [-0.15, -0.1) is 11.3 Å². The molecule has 1 aromatic heterocycles. The Morgan fingerprint density at radius 2 is 0.855 bits per heavy atom. The van der Waals surface area contributed by atoms with Crippen LogP contribution in [0.5, 0.6) is 0 Å². The summed E-state index contributed by atoms with van der Waals surface area (Å²) < 4.78 is 2.54. The van der Waals surface area contributed by atoms with Gasteiger partial charge >= 0.3 is 0 Å². The molecular weight excluding hydrogens is 1020 g/mol. The molecule has 14 aromatic rings. The number of para-hydroxylation sites is 2. The van der Waals surface area contributed by atoms with Crippen molar-refractivity contribution in [3.05, 3.63) is 360 Å². The van der Waals surface area contributed by atoms with E-state index in [1.807, 2.05) is 11.3 Å². The van der Waals surface area contributed by atoms with Gasteiger partial charge in [-0.1, -0.05) is 249 Å². The molecule has 3 aliphatic rings. The van der Waals surface area contributed by atoms with Gasteiger partial charge in [0.2, 0.25) is 0 Å². The first-order valence-corrected chi connectivity index (χ1v) is 29.6. The van der Waals surface area contributed by atoms with Gasteiger partial charge in [0.15, 0.2) is 0 Å². The second kappa shape index (κ2) is 18.6. The molecule has 13 aromatic carbocycles. The van der Waals surface area contributed by atoms with Crippen LogP contribution in [-0.4, -0.2) is 0 Å². The molecule has 1 aliphatic heterocycles. The van der Waals surface area contributed by atoms with E-state index < -0.39 is 10.8 Å². The monoisotopic (exact) mass is 1070 g/mol. The lowest BCUT2D eigenvalue weighted by Crippen LogP contribution is -2.36. The van der Waals surface area contributed by atoms with Crippen LogP contribution in [0.2, 0.25) is 0 Å². The Kier molecular flexibility index (Phi) is 10.7. The van der Waals surface area contributed by atoms with Gasteiger partial charge in [-0.2, -0.15) is 0 Å². The van der Waals surface area contributed by atoms with Crippen LogP contribution in [0.25, 0.3) is 64.7 Å². The summed E-state index contributed by atoms with van der Waals surface area (Å²) in [7, 11) is 0. The van der Waals surface area contributed by atoms with Crippen LogP contribution in [0.3, 0.4) is 0 Å². The maximum absolute atomic E-state index is 2.52. The predicted octanol–water partition coefficient (Wildman–Crippen LogP) is 21.4. The number of fused-ring (bicyclic) bond motifs is 11. The smallest absolute Gasteiger partial charge is 0.0754 e. The fourth-order valence-corrected chi connectivity index (χ4v) is 16.0. The molecule has 83 heavy (non-hydrogen) atoms. The maximum Gasteiger partial charge on any atom is 0.0754 e. The average molecular weight is 1070 g/mol. The number of anilines is 6. The van der Waals surface area contributed by atoms with E-state index in [0.29, 0.717) is 0 Å². The van der Waals surface area contributed by atoms with Crippen LogP contribution in [0, 0.1) is 0 Å². The molecule has 0 spiro atoms. The highest BCUT2D eigenvalue weighted by Gasteiger charge is 2.53. The van der Waals surface area contributed by atoms with E-state index in [1.54, 1.807) is 0 Å². The highest BCUT2D eigenvalue weighted by Crippen LogP contribution is 2.67. The number of hydrogen-bond acceptors (Lipinski definition) is 3. The van der Waals surface area contributed by atoms with Gasteiger partial charge in [0.25, 0.3) is 0 Å². The molecule has 1 atom stereocenters. The molecule has 0 bridgehead atoms. The van der Waals surface area contributed by atoms with E-state index in [-0.39, 0.29) is 0 Å². The molecule has 0 radical (unpaired) electrons. The van der Waals surface area contributed by atoms with Crippen molar-refractivity contribution in [3.63, 3.8) is 0 Å². The zero-order valence-electron chi connectivity index (χ0n) is 45.3. The van der Waals surface area contributed by atoms with Crippen molar-refractivity contribution in [1.29, 1.82) is 0 Å². The van der Waals surface area contributed by atoms with Crippen molar-refractivity contribution in [3.8, 4) is 44.5 Å². The van der Waals surface area contributed by atoms with E-state index in [2.05, 4.69) is 325 Å². The molecule has 2 heterocycles. The molecule has 388 valence electrons. The van der Waals surface area contributed by atoms with Crippen molar-refractivity contribution in [2.45, 2.75) is 10.8 Å². The largest absolute Gasteiger partial charge is 0.310 e. The Labute approximate surface area is 487 Å². The standard InChI is InChI=1S/C80H52N2S/c1-6-23-54(24-7-1)62-49-50-73-77-76(62)67-47-43-55(51-70(67)80(77,58-29-12-4-13-30-58)69-37-19-20-38-72(69)82(73)59-31-14-5-15-32-59)53-41-44-60(45-42-53)81(74-39-22-35-66-65-34-17-21-40-75(65)83-78(66)74)61-46-48-64-63-33-16-18-36-68(63)79(71(64)52-61,56-25-8-2-9-26-56)57-27-10-3-11-28-57/h1-52H. The molecule has 0 saturated carbocycles. The van der Waals surface area contributed by atoms with Gasteiger partial charge in [0, 0.05) is 38.1 Å². The topological polar surface area (TPSA) is 6.48 Å². The third-order valence-corrected chi connectivity index (χ3v) is 19.3. The van der Waals surface area contributed by atoms with Crippen molar-refractivity contribution in [2.24, 2.45) is 0 Å². The summed E-state index contributed by atoms with van der Waals surface area (Å²) in [5, 5.41) is 2.55. The fraction of sp³-hybridized carbons (Fsp3) is 0.0250. The average Bonchev–Trinajstić information content (AvgIpc) is 1.61. The van der Waals surface area contributed by atoms with E-state index in [0.717, 1.165) is 28.3 Å². The van der Waals surface area contributed by atoms with Gasteiger partial charge in [-0.25, -0.2) is 0 Å². The number of thiophene rings is 1. The van der Waals surface area contributed by atoms with Gasteiger partial charge in [0.1, 0.15) is 0 Å². The lowest BCUT2D eigenvalue weighted by atomic mass is 9.64. The highest BCUT2D eigenvalue weighted by molar-refractivity contribution is 7.26. The minimum absolute atomic E-state index is 0.546. The van der Waals surface area contributed by atoms with E-state index in [9.17, 15) is 0 Å². The molecule has 0 saturated heterocycles. The van der Waals surface area contributed by atoms with Gasteiger partial charge < -0.3 is 9.80 Å². The van der Waals surface area contributed by atoms with Crippen LogP contribution in [0.1, 0.15) is 44.5 Å². The lowest BCUT2D eigenvalue weighted by Gasteiger charge is -2.45. The van der Waals surface area contributed by atoms with Crippen LogP contribution >= 0.6 is 11.3 Å². The van der Waals surface area contributed by atoms with Crippen LogP contribution in [0.4, 0.5) is 34.1 Å². The SMILES string of the molecule is c1ccc(-c2ccc3c4c2-c2ccc(-c5ccc(N(c6ccc7c(c6)C(c6ccccc6)(c6ccccc6)c6ccccc6-7)c6cccc7c6sc6ccccc67)cc5)cc2C4(c2ccccc2)c2ccccc2N3c2ccccc2)cc1. The van der Waals surface area contributed by atoms with Gasteiger partial charge in [0.05, 0.1) is 32.6 Å². The minimum Gasteiger partial charge on any atom is -0.310 e.